The first-order chi connectivity index (χ1) is 11.6. The van der Waals surface area contributed by atoms with Gasteiger partial charge in [-0.3, -0.25) is 9.78 Å². The molecule has 124 valence electrons. The van der Waals surface area contributed by atoms with Crippen LogP contribution < -0.4 is 10.6 Å². The second kappa shape index (κ2) is 7.25. The topological polar surface area (TPSA) is 71.1 Å². The van der Waals surface area contributed by atoms with Crippen molar-refractivity contribution in [3.8, 4) is 0 Å². The maximum atomic E-state index is 12.0. The third kappa shape index (κ3) is 3.79. The van der Waals surface area contributed by atoms with Gasteiger partial charge in [0.05, 0.1) is 0 Å². The highest BCUT2D eigenvalue weighted by Crippen LogP contribution is 2.24. The molecule has 2 aromatic rings. The summed E-state index contributed by atoms with van der Waals surface area (Å²) in [5, 5.41) is 5.64. The standard InChI is InChI=1S/C19H21N3O2/c1-13-12-20-9-7-14(13)8-10-21-19(24)22-16-6-5-15-3-2-4-18(23)17(15)11-16/h5-7,9,11-12H,2-4,8,10H2,1H3,(H2,21,22,24). The number of ketones is 1. The van der Waals surface area contributed by atoms with E-state index in [4.69, 9.17) is 0 Å². The number of amides is 2. The molecule has 0 radical (unpaired) electrons. The Morgan fingerprint density at radius 2 is 2.12 bits per heavy atom. The molecule has 1 heterocycles. The van der Waals surface area contributed by atoms with Crippen LogP contribution in [0.4, 0.5) is 10.5 Å². The fourth-order valence-corrected chi connectivity index (χ4v) is 2.97. The molecule has 5 nitrogen and oxygen atoms in total. The van der Waals surface area contributed by atoms with Gasteiger partial charge in [0.15, 0.2) is 5.78 Å². The number of rotatable bonds is 4. The maximum absolute atomic E-state index is 12.0. The van der Waals surface area contributed by atoms with E-state index >= 15 is 0 Å². The molecule has 0 atom stereocenters. The number of hydrogen-bond donors (Lipinski definition) is 2. The summed E-state index contributed by atoms with van der Waals surface area (Å²) in [6, 6.07) is 7.27. The van der Waals surface area contributed by atoms with Crippen molar-refractivity contribution < 1.29 is 9.59 Å². The molecule has 0 unspecified atom stereocenters. The summed E-state index contributed by atoms with van der Waals surface area (Å²) in [4.78, 5) is 28.0. The molecule has 0 saturated heterocycles. The Morgan fingerprint density at radius 3 is 2.96 bits per heavy atom. The van der Waals surface area contributed by atoms with Crippen LogP contribution in [0.2, 0.25) is 0 Å². The van der Waals surface area contributed by atoms with Gasteiger partial charge in [-0.15, -0.1) is 0 Å². The summed E-state index contributed by atoms with van der Waals surface area (Å²) in [6.45, 7) is 2.55. The smallest absolute Gasteiger partial charge is 0.319 e. The van der Waals surface area contributed by atoms with E-state index in [-0.39, 0.29) is 11.8 Å². The normalized spacial score (nSPS) is 13.3. The van der Waals surface area contributed by atoms with Crippen LogP contribution >= 0.6 is 0 Å². The van der Waals surface area contributed by atoms with Crippen molar-refractivity contribution in [2.45, 2.75) is 32.6 Å². The number of nitrogens with one attached hydrogen (secondary N) is 2. The zero-order valence-electron chi connectivity index (χ0n) is 13.8. The minimum absolute atomic E-state index is 0.161. The minimum Gasteiger partial charge on any atom is -0.338 e. The SMILES string of the molecule is Cc1cnccc1CCNC(=O)Nc1ccc2c(c1)C(=O)CCC2. The molecular formula is C19H21N3O2. The van der Waals surface area contributed by atoms with Crippen molar-refractivity contribution >= 4 is 17.5 Å². The highest BCUT2D eigenvalue weighted by atomic mass is 16.2. The van der Waals surface area contributed by atoms with Crippen molar-refractivity contribution in [3.63, 3.8) is 0 Å². The van der Waals surface area contributed by atoms with Crippen LogP contribution in [-0.4, -0.2) is 23.3 Å². The first kappa shape index (κ1) is 16.2. The molecule has 2 N–H and O–H groups in total. The summed E-state index contributed by atoms with van der Waals surface area (Å²) in [6.07, 6.45) is 6.76. The van der Waals surface area contributed by atoms with E-state index in [1.54, 1.807) is 12.3 Å². The van der Waals surface area contributed by atoms with E-state index in [9.17, 15) is 9.59 Å². The highest BCUT2D eigenvalue weighted by Gasteiger charge is 2.17. The quantitative estimate of drug-likeness (QED) is 0.907. The molecule has 2 amide bonds. The van der Waals surface area contributed by atoms with Gasteiger partial charge in [0.1, 0.15) is 0 Å². The van der Waals surface area contributed by atoms with E-state index in [1.807, 2.05) is 31.3 Å². The summed E-state index contributed by atoms with van der Waals surface area (Å²) >= 11 is 0. The van der Waals surface area contributed by atoms with Crippen molar-refractivity contribution in [1.82, 2.24) is 10.3 Å². The van der Waals surface area contributed by atoms with E-state index in [1.165, 1.54) is 5.56 Å². The molecule has 1 aliphatic carbocycles. The monoisotopic (exact) mass is 323 g/mol. The summed E-state index contributed by atoms with van der Waals surface area (Å²) < 4.78 is 0. The van der Waals surface area contributed by atoms with Gasteiger partial charge in [-0.05, 0) is 61.1 Å². The number of carbonyl (C=O) groups excluding carboxylic acids is 2. The molecule has 24 heavy (non-hydrogen) atoms. The van der Waals surface area contributed by atoms with Crippen LogP contribution in [-0.2, 0) is 12.8 Å². The number of urea groups is 1. The number of aromatic nitrogens is 1. The van der Waals surface area contributed by atoms with Crippen molar-refractivity contribution in [2.75, 3.05) is 11.9 Å². The molecule has 1 aromatic heterocycles. The second-order valence-electron chi connectivity index (χ2n) is 6.08. The number of nitrogens with zero attached hydrogens (tertiary/aromatic N) is 1. The van der Waals surface area contributed by atoms with E-state index in [0.29, 0.717) is 18.7 Å². The Labute approximate surface area is 141 Å². The molecule has 3 rings (SSSR count). The fraction of sp³-hybridized carbons (Fsp3) is 0.316. The van der Waals surface area contributed by atoms with Gasteiger partial charge >= 0.3 is 6.03 Å². The largest absolute Gasteiger partial charge is 0.338 e. The molecular weight excluding hydrogens is 302 g/mol. The third-order valence-corrected chi connectivity index (χ3v) is 4.33. The van der Waals surface area contributed by atoms with E-state index in [2.05, 4.69) is 15.6 Å². The lowest BCUT2D eigenvalue weighted by Gasteiger charge is -2.16. The Bertz CT molecular complexity index is 771. The predicted octanol–water partition coefficient (Wildman–Crippen LogP) is 3.27. The van der Waals surface area contributed by atoms with Crippen molar-refractivity contribution in [3.05, 3.63) is 58.9 Å². The van der Waals surface area contributed by atoms with Crippen LogP contribution in [0.15, 0.2) is 36.7 Å². The first-order valence-electron chi connectivity index (χ1n) is 8.24. The Balaban J connectivity index is 1.55. The number of anilines is 1. The molecule has 5 heteroatoms. The van der Waals surface area contributed by atoms with Crippen molar-refractivity contribution in [2.24, 2.45) is 0 Å². The van der Waals surface area contributed by atoms with Gasteiger partial charge in [-0.25, -0.2) is 4.79 Å². The average molecular weight is 323 g/mol. The van der Waals surface area contributed by atoms with Crippen LogP contribution in [0.3, 0.4) is 0 Å². The van der Waals surface area contributed by atoms with Crippen molar-refractivity contribution in [1.29, 1.82) is 0 Å². The Kier molecular flexibility index (Phi) is 4.89. The molecule has 0 aliphatic heterocycles. The second-order valence-corrected chi connectivity index (χ2v) is 6.08. The number of benzene rings is 1. The van der Waals surface area contributed by atoms with E-state index < -0.39 is 0 Å². The lowest BCUT2D eigenvalue weighted by atomic mass is 9.90. The average Bonchev–Trinajstić information content (AvgIpc) is 2.57. The summed E-state index contributed by atoms with van der Waals surface area (Å²) in [7, 11) is 0. The van der Waals surface area contributed by atoms with Gasteiger partial charge in [-0.1, -0.05) is 6.07 Å². The number of fused-ring (bicyclic) bond motifs is 1. The summed E-state index contributed by atoms with van der Waals surface area (Å²) in [5.74, 6) is 0.161. The third-order valence-electron chi connectivity index (χ3n) is 4.33. The van der Waals surface area contributed by atoms with Crippen LogP contribution in [0.25, 0.3) is 0 Å². The van der Waals surface area contributed by atoms with E-state index in [0.717, 1.165) is 36.0 Å². The maximum Gasteiger partial charge on any atom is 0.319 e. The number of carbonyl (C=O) groups is 2. The highest BCUT2D eigenvalue weighted by molar-refractivity contribution is 6.00. The Morgan fingerprint density at radius 1 is 1.25 bits per heavy atom. The van der Waals surface area contributed by atoms with Crippen LogP contribution in [0.5, 0.6) is 0 Å². The number of aryl methyl sites for hydroxylation is 2. The number of hydrogen-bond acceptors (Lipinski definition) is 3. The zero-order chi connectivity index (χ0) is 16.9. The number of Topliss-reactive ketones (excluding diaryl/α,β-unsaturated/α-hetero) is 1. The lowest BCUT2D eigenvalue weighted by molar-refractivity contribution is 0.0972. The number of pyridine rings is 1. The summed E-state index contributed by atoms with van der Waals surface area (Å²) in [5.41, 5.74) is 4.76. The van der Waals surface area contributed by atoms with Crippen LogP contribution in [0.1, 0.15) is 39.9 Å². The van der Waals surface area contributed by atoms with Crippen LogP contribution in [0, 0.1) is 6.92 Å². The lowest BCUT2D eigenvalue weighted by Crippen LogP contribution is -2.30. The van der Waals surface area contributed by atoms with Gasteiger partial charge in [0.25, 0.3) is 0 Å². The fourth-order valence-electron chi connectivity index (χ4n) is 2.97. The van der Waals surface area contributed by atoms with Gasteiger partial charge in [-0.2, -0.15) is 0 Å². The molecule has 0 bridgehead atoms. The van der Waals surface area contributed by atoms with Gasteiger partial charge < -0.3 is 10.6 Å². The first-order valence-corrected chi connectivity index (χ1v) is 8.24. The van der Waals surface area contributed by atoms with Gasteiger partial charge in [0, 0.05) is 36.6 Å². The predicted molar refractivity (Wildman–Crippen MR) is 93.4 cm³/mol. The molecule has 0 saturated carbocycles. The van der Waals surface area contributed by atoms with Gasteiger partial charge in [0.2, 0.25) is 0 Å². The Hall–Kier alpha value is -2.69. The molecule has 1 aliphatic rings. The minimum atomic E-state index is -0.259. The molecule has 0 spiro atoms. The zero-order valence-corrected chi connectivity index (χ0v) is 13.8. The molecule has 0 fully saturated rings. The molecule has 1 aromatic carbocycles.